The molecule has 1 aliphatic carbocycles. The van der Waals surface area contributed by atoms with E-state index in [1.807, 2.05) is 13.8 Å². The first-order valence-corrected chi connectivity index (χ1v) is 6.43. The van der Waals surface area contributed by atoms with Gasteiger partial charge in [0.05, 0.1) is 0 Å². The molecular formula is C13H24N2O2. The van der Waals surface area contributed by atoms with Crippen molar-refractivity contribution in [2.24, 2.45) is 5.92 Å². The first kappa shape index (κ1) is 14.0. The van der Waals surface area contributed by atoms with Crippen molar-refractivity contribution in [3.8, 4) is 0 Å². The molecule has 0 aromatic heterocycles. The molecule has 17 heavy (non-hydrogen) atoms. The van der Waals surface area contributed by atoms with Crippen LogP contribution in [0, 0.1) is 5.92 Å². The average molecular weight is 240 g/mol. The molecule has 98 valence electrons. The lowest BCUT2D eigenvalue weighted by molar-refractivity contribution is -0.129. The van der Waals surface area contributed by atoms with E-state index in [0.717, 1.165) is 32.1 Å². The van der Waals surface area contributed by atoms with Crippen molar-refractivity contribution in [3.63, 3.8) is 0 Å². The second kappa shape index (κ2) is 5.52. The van der Waals surface area contributed by atoms with Crippen molar-refractivity contribution in [1.29, 1.82) is 0 Å². The van der Waals surface area contributed by atoms with Crippen molar-refractivity contribution in [3.05, 3.63) is 0 Å². The van der Waals surface area contributed by atoms with Gasteiger partial charge in [-0.1, -0.05) is 33.1 Å². The number of nitrogens with one attached hydrogen (secondary N) is 1. The Balaban J connectivity index is 2.86. The Hall–Kier alpha value is -1.06. The summed E-state index contributed by atoms with van der Waals surface area (Å²) in [5, 5.41) is 2.95. The molecule has 0 aromatic rings. The maximum Gasteiger partial charge on any atom is 0.317 e. The Morgan fingerprint density at radius 1 is 1.12 bits per heavy atom. The van der Waals surface area contributed by atoms with E-state index in [9.17, 15) is 9.59 Å². The third-order valence-corrected chi connectivity index (χ3v) is 3.46. The number of carbonyl (C=O) groups is 2. The van der Waals surface area contributed by atoms with Crippen LogP contribution in [0.1, 0.15) is 46.0 Å². The maximum atomic E-state index is 12.3. The smallest absolute Gasteiger partial charge is 0.317 e. The first-order chi connectivity index (χ1) is 7.89. The molecule has 1 fully saturated rings. The Kier molecular flexibility index (Phi) is 4.54. The topological polar surface area (TPSA) is 49.4 Å². The Bertz CT molecular complexity index is 292. The predicted octanol–water partition coefficient (Wildman–Crippen LogP) is 2.19. The van der Waals surface area contributed by atoms with Crippen LogP contribution >= 0.6 is 0 Å². The molecule has 1 N–H and O–H groups in total. The molecule has 0 aliphatic heterocycles. The fourth-order valence-corrected chi connectivity index (χ4v) is 2.46. The molecule has 0 spiro atoms. The number of carbonyl (C=O) groups excluding carboxylic acids is 2. The summed E-state index contributed by atoms with van der Waals surface area (Å²) in [6, 6.07) is -0.166. The van der Waals surface area contributed by atoms with E-state index in [1.54, 1.807) is 14.1 Å². The molecule has 1 rings (SSSR count). The molecule has 1 aliphatic rings. The van der Waals surface area contributed by atoms with Crippen molar-refractivity contribution in [1.82, 2.24) is 10.2 Å². The quantitative estimate of drug-likeness (QED) is 0.822. The summed E-state index contributed by atoms with van der Waals surface area (Å²) in [6.07, 6.45) is 4.76. The maximum absolute atomic E-state index is 12.3. The summed E-state index contributed by atoms with van der Waals surface area (Å²) in [6.45, 7) is 3.81. The Labute approximate surface area is 104 Å². The van der Waals surface area contributed by atoms with E-state index in [2.05, 4.69) is 5.32 Å². The van der Waals surface area contributed by atoms with Crippen LogP contribution in [0.2, 0.25) is 0 Å². The van der Waals surface area contributed by atoms with E-state index in [0.29, 0.717) is 0 Å². The van der Waals surface area contributed by atoms with Crippen molar-refractivity contribution >= 4 is 11.8 Å². The molecule has 0 aromatic carbocycles. The first-order valence-electron chi connectivity index (χ1n) is 6.43. The van der Waals surface area contributed by atoms with E-state index < -0.39 is 5.54 Å². The van der Waals surface area contributed by atoms with Gasteiger partial charge in [0, 0.05) is 20.0 Å². The fourth-order valence-electron chi connectivity index (χ4n) is 2.46. The van der Waals surface area contributed by atoms with Gasteiger partial charge in [-0.3, -0.25) is 4.79 Å². The van der Waals surface area contributed by atoms with Crippen LogP contribution < -0.4 is 5.32 Å². The highest BCUT2D eigenvalue weighted by Gasteiger charge is 2.41. The molecular weight excluding hydrogens is 216 g/mol. The zero-order chi connectivity index (χ0) is 13.1. The highest BCUT2D eigenvalue weighted by molar-refractivity contribution is 5.93. The van der Waals surface area contributed by atoms with Gasteiger partial charge in [0.2, 0.25) is 0 Å². The van der Waals surface area contributed by atoms with E-state index in [4.69, 9.17) is 0 Å². The monoisotopic (exact) mass is 240 g/mol. The predicted molar refractivity (Wildman–Crippen MR) is 67.9 cm³/mol. The molecule has 0 unspecified atom stereocenters. The lowest BCUT2D eigenvalue weighted by Crippen LogP contribution is -2.58. The van der Waals surface area contributed by atoms with Gasteiger partial charge in [-0.25, -0.2) is 4.79 Å². The van der Waals surface area contributed by atoms with Crippen molar-refractivity contribution in [2.75, 3.05) is 14.1 Å². The lowest BCUT2D eigenvalue weighted by Gasteiger charge is -2.38. The minimum absolute atomic E-state index is 0.0319. The van der Waals surface area contributed by atoms with Crippen LogP contribution in [0.3, 0.4) is 0 Å². The van der Waals surface area contributed by atoms with Crippen LogP contribution in [0.4, 0.5) is 4.79 Å². The van der Waals surface area contributed by atoms with Gasteiger partial charge >= 0.3 is 6.03 Å². The third kappa shape index (κ3) is 3.20. The summed E-state index contributed by atoms with van der Waals surface area (Å²) in [5.74, 6) is 0.142. The van der Waals surface area contributed by atoms with Crippen LogP contribution in [0.5, 0.6) is 0 Å². The van der Waals surface area contributed by atoms with E-state index in [-0.39, 0.29) is 17.7 Å². The highest BCUT2D eigenvalue weighted by atomic mass is 16.2. The van der Waals surface area contributed by atoms with Crippen LogP contribution in [0.15, 0.2) is 0 Å². The standard InChI is InChI=1S/C13H24N2O2/c1-10(2)11(16)13(8-6-5-7-9-13)14-12(17)15(3)4/h10H,5-9H2,1-4H3,(H,14,17). The lowest BCUT2D eigenvalue weighted by atomic mass is 9.75. The van der Waals surface area contributed by atoms with Gasteiger partial charge in [0.25, 0.3) is 0 Å². The van der Waals surface area contributed by atoms with Crippen LogP contribution in [-0.2, 0) is 4.79 Å². The molecule has 0 radical (unpaired) electrons. The summed E-state index contributed by atoms with van der Waals surface area (Å²) in [7, 11) is 3.40. The molecule has 0 bridgehead atoms. The summed E-state index contributed by atoms with van der Waals surface area (Å²) in [5.41, 5.74) is -0.617. The number of hydrogen-bond acceptors (Lipinski definition) is 2. The zero-order valence-corrected chi connectivity index (χ0v) is 11.4. The van der Waals surface area contributed by atoms with Gasteiger partial charge in [-0.2, -0.15) is 0 Å². The van der Waals surface area contributed by atoms with Crippen LogP contribution in [-0.4, -0.2) is 36.3 Å². The molecule has 4 heteroatoms. The molecule has 0 saturated heterocycles. The van der Waals surface area contributed by atoms with Gasteiger partial charge in [0.15, 0.2) is 5.78 Å². The summed E-state index contributed by atoms with van der Waals surface area (Å²) >= 11 is 0. The minimum atomic E-state index is -0.617. The molecule has 0 atom stereocenters. The number of ketones is 1. The fraction of sp³-hybridized carbons (Fsp3) is 0.846. The Morgan fingerprint density at radius 2 is 1.65 bits per heavy atom. The van der Waals surface area contributed by atoms with Gasteiger partial charge < -0.3 is 10.2 Å². The average Bonchev–Trinajstić information content (AvgIpc) is 2.28. The second-order valence-corrected chi connectivity index (χ2v) is 5.49. The van der Waals surface area contributed by atoms with Gasteiger partial charge in [0.1, 0.15) is 5.54 Å². The number of amides is 2. The number of hydrogen-bond donors (Lipinski definition) is 1. The van der Waals surface area contributed by atoms with Gasteiger partial charge in [-0.15, -0.1) is 0 Å². The second-order valence-electron chi connectivity index (χ2n) is 5.49. The number of Topliss-reactive ketones (excluding diaryl/α,β-unsaturated/α-hetero) is 1. The molecule has 0 heterocycles. The summed E-state index contributed by atoms with van der Waals surface area (Å²) < 4.78 is 0. The molecule has 2 amide bonds. The van der Waals surface area contributed by atoms with Crippen molar-refractivity contribution < 1.29 is 9.59 Å². The number of nitrogens with zero attached hydrogens (tertiary/aromatic N) is 1. The third-order valence-electron chi connectivity index (χ3n) is 3.46. The van der Waals surface area contributed by atoms with E-state index >= 15 is 0 Å². The zero-order valence-electron chi connectivity index (χ0n) is 11.4. The normalized spacial score (nSPS) is 18.9. The Morgan fingerprint density at radius 3 is 2.06 bits per heavy atom. The SMILES string of the molecule is CC(C)C(=O)C1(NC(=O)N(C)C)CCCCC1. The van der Waals surface area contributed by atoms with Gasteiger partial charge in [-0.05, 0) is 12.8 Å². The van der Waals surface area contributed by atoms with Crippen LogP contribution in [0.25, 0.3) is 0 Å². The molecule has 1 saturated carbocycles. The number of urea groups is 1. The largest absolute Gasteiger partial charge is 0.331 e. The van der Waals surface area contributed by atoms with Crippen molar-refractivity contribution in [2.45, 2.75) is 51.5 Å². The summed E-state index contributed by atoms with van der Waals surface area (Å²) in [4.78, 5) is 25.6. The minimum Gasteiger partial charge on any atom is -0.331 e. The highest BCUT2D eigenvalue weighted by Crippen LogP contribution is 2.31. The number of rotatable bonds is 3. The molecule has 4 nitrogen and oxygen atoms in total. The van der Waals surface area contributed by atoms with E-state index in [1.165, 1.54) is 4.90 Å².